The van der Waals surface area contributed by atoms with Crippen LogP contribution in [0.1, 0.15) is 35.8 Å². The highest BCUT2D eigenvalue weighted by Crippen LogP contribution is 2.38. The van der Waals surface area contributed by atoms with Crippen molar-refractivity contribution in [3.63, 3.8) is 0 Å². The fraction of sp³-hybridized carbons (Fsp3) is 0.333. The molecule has 1 aliphatic rings. The highest BCUT2D eigenvalue weighted by atomic mass is 16.4. The molecule has 2 rings (SSSR count). The third-order valence-corrected chi connectivity index (χ3v) is 3.09. The summed E-state index contributed by atoms with van der Waals surface area (Å²) in [6, 6.07) is 6.92. The second kappa shape index (κ2) is 3.96. The smallest absolute Gasteiger partial charge is 0.310 e. The number of hydrogen-bond donors (Lipinski definition) is 2. The molecule has 0 heterocycles. The van der Waals surface area contributed by atoms with Gasteiger partial charge >= 0.3 is 11.9 Å². The fourth-order valence-corrected chi connectivity index (χ4v) is 2.30. The van der Waals surface area contributed by atoms with Crippen LogP contribution in [-0.2, 0) is 9.59 Å². The van der Waals surface area contributed by atoms with E-state index < -0.39 is 23.8 Å². The Bertz CT molecular complexity index is 397. The van der Waals surface area contributed by atoms with E-state index in [1.165, 1.54) is 0 Å². The largest absolute Gasteiger partial charge is 0.481 e. The Balaban J connectivity index is 2.48. The van der Waals surface area contributed by atoms with Crippen LogP contribution in [0.5, 0.6) is 0 Å². The van der Waals surface area contributed by atoms with E-state index in [4.69, 9.17) is 10.2 Å². The lowest BCUT2D eigenvalue weighted by Gasteiger charge is -2.26. The maximum atomic E-state index is 11.0. The zero-order valence-electron chi connectivity index (χ0n) is 8.59. The van der Waals surface area contributed by atoms with Gasteiger partial charge in [0.1, 0.15) is 0 Å². The molecule has 0 aromatic heterocycles. The molecule has 1 aliphatic carbocycles. The van der Waals surface area contributed by atoms with Gasteiger partial charge in [0.2, 0.25) is 0 Å². The van der Waals surface area contributed by atoms with Gasteiger partial charge in [-0.25, -0.2) is 0 Å². The number of benzene rings is 1. The zero-order chi connectivity index (χ0) is 11.7. The van der Waals surface area contributed by atoms with Gasteiger partial charge in [-0.05, 0) is 24.0 Å². The van der Waals surface area contributed by atoms with Gasteiger partial charge in [0, 0.05) is 0 Å². The van der Waals surface area contributed by atoms with E-state index in [1.54, 1.807) is 24.3 Å². The molecule has 0 spiro atoms. The lowest BCUT2D eigenvalue weighted by molar-refractivity contribution is -0.142. The predicted molar refractivity (Wildman–Crippen MR) is 56.4 cm³/mol. The number of fused-ring (bicyclic) bond motifs is 1. The Hall–Kier alpha value is -1.84. The quantitative estimate of drug-likeness (QED) is 0.797. The summed E-state index contributed by atoms with van der Waals surface area (Å²) in [5.74, 6) is -2.88. The van der Waals surface area contributed by atoms with E-state index in [-0.39, 0.29) is 0 Å². The minimum Gasteiger partial charge on any atom is -0.481 e. The van der Waals surface area contributed by atoms with E-state index in [9.17, 15) is 9.59 Å². The highest BCUT2D eigenvalue weighted by molar-refractivity contribution is 5.82. The Labute approximate surface area is 92.5 Å². The van der Waals surface area contributed by atoms with Crippen LogP contribution in [-0.4, -0.2) is 22.2 Å². The molecular formula is C12H12O4. The van der Waals surface area contributed by atoms with Crippen molar-refractivity contribution >= 4 is 11.9 Å². The Morgan fingerprint density at radius 1 is 0.938 bits per heavy atom. The number of rotatable bonds is 2. The van der Waals surface area contributed by atoms with Crippen molar-refractivity contribution in [2.24, 2.45) is 0 Å². The van der Waals surface area contributed by atoms with Crippen molar-refractivity contribution in [1.82, 2.24) is 0 Å². The molecule has 0 aliphatic heterocycles. The van der Waals surface area contributed by atoms with Crippen LogP contribution in [0, 0.1) is 0 Å². The van der Waals surface area contributed by atoms with Crippen molar-refractivity contribution in [2.45, 2.75) is 24.7 Å². The molecule has 0 unspecified atom stereocenters. The standard InChI is InChI=1S/C12H12O4/c13-11(14)9-5-6-10(12(15)16)8-4-2-1-3-7(8)9/h1-4,9-10H,5-6H2,(H,13,14)(H,15,16)/t9-,10+. The van der Waals surface area contributed by atoms with Gasteiger partial charge < -0.3 is 10.2 Å². The minimum absolute atomic E-state index is 0.392. The van der Waals surface area contributed by atoms with Gasteiger partial charge in [0.05, 0.1) is 11.8 Å². The molecule has 16 heavy (non-hydrogen) atoms. The average Bonchev–Trinajstić information content (AvgIpc) is 2.27. The molecule has 4 heteroatoms. The van der Waals surface area contributed by atoms with Gasteiger partial charge in [-0.2, -0.15) is 0 Å². The molecule has 2 N–H and O–H groups in total. The van der Waals surface area contributed by atoms with Crippen molar-refractivity contribution in [1.29, 1.82) is 0 Å². The normalized spacial score (nSPS) is 23.5. The second-order valence-electron chi connectivity index (χ2n) is 3.99. The van der Waals surface area contributed by atoms with Crippen LogP contribution in [0.3, 0.4) is 0 Å². The van der Waals surface area contributed by atoms with Crippen LogP contribution >= 0.6 is 0 Å². The van der Waals surface area contributed by atoms with Crippen LogP contribution in [0.25, 0.3) is 0 Å². The SMILES string of the molecule is O=C(O)[C@H]1CC[C@@H](C(=O)O)c2ccccc21. The number of carbonyl (C=O) groups is 2. The molecule has 0 saturated carbocycles. The van der Waals surface area contributed by atoms with Crippen LogP contribution in [0.2, 0.25) is 0 Å². The first-order valence-electron chi connectivity index (χ1n) is 5.15. The van der Waals surface area contributed by atoms with Gasteiger partial charge in [-0.1, -0.05) is 24.3 Å². The summed E-state index contributed by atoms with van der Waals surface area (Å²) in [7, 11) is 0. The summed E-state index contributed by atoms with van der Waals surface area (Å²) >= 11 is 0. The van der Waals surface area contributed by atoms with Crippen LogP contribution in [0.4, 0.5) is 0 Å². The van der Waals surface area contributed by atoms with E-state index in [2.05, 4.69) is 0 Å². The Kier molecular flexibility index (Phi) is 2.64. The zero-order valence-corrected chi connectivity index (χ0v) is 8.59. The summed E-state index contributed by atoms with van der Waals surface area (Å²) in [6.45, 7) is 0. The third-order valence-electron chi connectivity index (χ3n) is 3.09. The average molecular weight is 220 g/mol. The fourth-order valence-electron chi connectivity index (χ4n) is 2.30. The van der Waals surface area contributed by atoms with Gasteiger partial charge in [-0.15, -0.1) is 0 Å². The van der Waals surface area contributed by atoms with E-state index >= 15 is 0 Å². The van der Waals surface area contributed by atoms with Crippen molar-refractivity contribution in [3.05, 3.63) is 35.4 Å². The predicted octanol–water partition coefficient (Wildman–Crippen LogP) is 1.82. The highest BCUT2D eigenvalue weighted by Gasteiger charge is 2.34. The van der Waals surface area contributed by atoms with E-state index in [1.807, 2.05) is 0 Å². The van der Waals surface area contributed by atoms with Gasteiger partial charge in [-0.3, -0.25) is 9.59 Å². The first kappa shape index (κ1) is 10.7. The lowest BCUT2D eigenvalue weighted by atomic mass is 9.77. The van der Waals surface area contributed by atoms with Crippen molar-refractivity contribution in [2.75, 3.05) is 0 Å². The molecule has 0 saturated heterocycles. The summed E-state index contributed by atoms with van der Waals surface area (Å²) < 4.78 is 0. The summed E-state index contributed by atoms with van der Waals surface area (Å²) in [5, 5.41) is 18.1. The van der Waals surface area contributed by atoms with E-state index in [0.29, 0.717) is 24.0 Å². The summed E-state index contributed by atoms with van der Waals surface area (Å²) in [5.41, 5.74) is 1.29. The maximum absolute atomic E-state index is 11.0. The third kappa shape index (κ3) is 1.66. The summed E-state index contributed by atoms with van der Waals surface area (Å²) in [6.07, 6.45) is 0.784. The molecule has 84 valence electrons. The molecule has 4 nitrogen and oxygen atoms in total. The molecule has 0 radical (unpaired) electrons. The second-order valence-corrected chi connectivity index (χ2v) is 3.99. The van der Waals surface area contributed by atoms with Gasteiger partial charge in [0.25, 0.3) is 0 Å². The Morgan fingerprint density at radius 3 is 1.62 bits per heavy atom. The molecule has 0 fully saturated rings. The first-order chi connectivity index (χ1) is 7.61. The maximum Gasteiger partial charge on any atom is 0.310 e. The molecular weight excluding hydrogens is 208 g/mol. The number of aliphatic carboxylic acids is 2. The number of hydrogen-bond acceptors (Lipinski definition) is 2. The van der Waals surface area contributed by atoms with Crippen molar-refractivity contribution in [3.8, 4) is 0 Å². The number of carboxylic acids is 2. The van der Waals surface area contributed by atoms with Crippen molar-refractivity contribution < 1.29 is 19.8 Å². The van der Waals surface area contributed by atoms with Gasteiger partial charge in [0.15, 0.2) is 0 Å². The lowest BCUT2D eigenvalue weighted by Crippen LogP contribution is -2.24. The topological polar surface area (TPSA) is 74.6 Å². The molecule has 0 bridgehead atoms. The first-order valence-corrected chi connectivity index (χ1v) is 5.15. The molecule has 0 amide bonds. The van der Waals surface area contributed by atoms with E-state index in [0.717, 1.165) is 0 Å². The molecule has 2 atom stereocenters. The Morgan fingerprint density at radius 2 is 1.31 bits per heavy atom. The molecule has 1 aromatic rings. The molecule has 1 aromatic carbocycles. The monoisotopic (exact) mass is 220 g/mol. The summed E-state index contributed by atoms with van der Waals surface area (Å²) in [4.78, 5) is 22.1. The van der Waals surface area contributed by atoms with Crippen LogP contribution in [0.15, 0.2) is 24.3 Å². The van der Waals surface area contributed by atoms with Crippen LogP contribution < -0.4 is 0 Å². The number of carboxylic acid groups (broad SMARTS) is 2. The minimum atomic E-state index is -0.878.